The Hall–Kier alpha value is -2.01. The lowest BCUT2D eigenvalue weighted by atomic mass is 10.2. The van der Waals surface area contributed by atoms with E-state index in [1.165, 1.54) is 0 Å². The van der Waals surface area contributed by atoms with Gasteiger partial charge in [0.25, 0.3) is 0 Å². The standard InChI is InChI=1S/C14H19N3O2/c1-16(10-14-15-6-7-17(14)2)9-11-4-5-12(19-3)8-13(11)18/h4-8,18H,9-10H2,1-3H3. The van der Waals surface area contributed by atoms with Crippen LogP contribution in [0.15, 0.2) is 30.6 Å². The molecule has 0 saturated heterocycles. The third-order valence-corrected chi connectivity index (χ3v) is 3.07. The maximum atomic E-state index is 9.92. The van der Waals surface area contributed by atoms with Crippen molar-refractivity contribution in [3.63, 3.8) is 0 Å². The van der Waals surface area contributed by atoms with E-state index in [9.17, 15) is 5.11 Å². The van der Waals surface area contributed by atoms with Crippen molar-refractivity contribution in [1.82, 2.24) is 14.5 Å². The van der Waals surface area contributed by atoms with E-state index in [4.69, 9.17) is 4.74 Å². The zero-order valence-electron chi connectivity index (χ0n) is 11.5. The van der Waals surface area contributed by atoms with Crippen molar-refractivity contribution >= 4 is 0 Å². The molecule has 0 aliphatic rings. The van der Waals surface area contributed by atoms with E-state index in [1.807, 2.05) is 37.0 Å². The van der Waals surface area contributed by atoms with Crippen LogP contribution in [-0.2, 0) is 20.1 Å². The molecule has 0 unspecified atom stereocenters. The average Bonchev–Trinajstić information content (AvgIpc) is 2.77. The Morgan fingerprint density at radius 2 is 2.16 bits per heavy atom. The predicted molar refractivity (Wildman–Crippen MR) is 73.0 cm³/mol. The number of ether oxygens (including phenoxy) is 1. The van der Waals surface area contributed by atoms with Crippen LogP contribution in [0.2, 0.25) is 0 Å². The Kier molecular flexibility index (Phi) is 4.06. The minimum atomic E-state index is 0.256. The molecular weight excluding hydrogens is 242 g/mol. The Morgan fingerprint density at radius 1 is 1.37 bits per heavy atom. The molecule has 5 heteroatoms. The molecule has 1 aromatic heterocycles. The van der Waals surface area contributed by atoms with E-state index in [-0.39, 0.29) is 5.75 Å². The predicted octanol–water partition coefficient (Wildman–Crippen LogP) is 1.77. The summed E-state index contributed by atoms with van der Waals surface area (Å²) in [6.07, 6.45) is 3.71. The molecule has 19 heavy (non-hydrogen) atoms. The van der Waals surface area contributed by atoms with Crippen LogP contribution in [0.4, 0.5) is 0 Å². The van der Waals surface area contributed by atoms with E-state index < -0.39 is 0 Å². The van der Waals surface area contributed by atoms with Crippen LogP contribution < -0.4 is 4.74 Å². The second-order valence-electron chi connectivity index (χ2n) is 4.62. The first-order valence-electron chi connectivity index (χ1n) is 6.10. The van der Waals surface area contributed by atoms with Crippen LogP contribution in [0.25, 0.3) is 0 Å². The first-order valence-corrected chi connectivity index (χ1v) is 6.10. The molecule has 1 heterocycles. The van der Waals surface area contributed by atoms with Gasteiger partial charge in [-0.15, -0.1) is 0 Å². The molecule has 0 atom stereocenters. The fourth-order valence-corrected chi connectivity index (χ4v) is 1.94. The molecule has 1 N–H and O–H groups in total. The van der Waals surface area contributed by atoms with Gasteiger partial charge in [0.2, 0.25) is 0 Å². The second kappa shape index (κ2) is 5.75. The zero-order valence-corrected chi connectivity index (χ0v) is 11.5. The summed E-state index contributed by atoms with van der Waals surface area (Å²) in [6, 6.07) is 5.36. The number of rotatable bonds is 5. The normalized spacial score (nSPS) is 10.9. The molecule has 102 valence electrons. The number of methoxy groups -OCH3 is 1. The van der Waals surface area contributed by atoms with Crippen molar-refractivity contribution < 1.29 is 9.84 Å². The van der Waals surface area contributed by atoms with Crippen molar-refractivity contribution in [1.29, 1.82) is 0 Å². The molecule has 0 aliphatic carbocycles. The van der Waals surface area contributed by atoms with Gasteiger partial charge in [0, 0.05) is 37.6 Å². The van der Waals surface area contributed by atoms with Gasteiger partial charge in [0.1, 0.15) is 17.3 Å². The molecule has 0 bridgehead atoms. The number of phenols is 1. The Bertz CT molecular complexity index is 551. The highest BCUT2D eigenvalue weighted by Crippen LogP contribution is 2.24. The lowest BCUT2D eigenvalue weighted by Crippen LogP contribution is -2.19. The Morgan fingerprint density at radius 3 is 2.74 bits per heavy atom. The quantitative estimate of drug-likeness (QED) is 0.891. The average molecular weight is 261 g/mol. The van der Waals surface area contributed by atoms with Gasteiger partial charge in [-0.2, -0.15) is 0 Å². The molecule has 2 aromatic rings. The topological polar surface area (TPSA) is 50.5 Å². The highest BCUT2D eigenvalue weighted by atomic mass is 16.5. The van der Waals surface area contributed by atoms with Gasteiger partial charge < -0.3 is 14.4 Å². The van der Waals surface area contributed by atoms with Crippen molar-refractivity contribution in [2.75, 3.05) is 14.2 Å². The lowest BCUT2D eigenvalue weighted by molar-refractivity contribution is 0.301. The number of nitrogens with zero attached hydrogens (tertiary/aromatic N) is 3. The summed E-state index contributed by atoms with van der Waals surface area (Å²) in [7, 11) is 5.56. The van der Waals surface area contributed by atoms with Gasteiger partial charge >= 0.3 is 0 Å². The highest BCUT2D eigenvalue weighted by Gasteiger charge is 2.09. The highest BCUT2D eigenvalue weighted by molar-refractivity contribution is 5.39. The molecule has 5 nitrogen and oxygen atoms in total. The fourth-order valence-electron chi connectivity index (χ4n) is 1.94. The van der Waals surface area contributed by atoms with Gasteiger partial charge in [-0.05, 0) is 13.1 Å². The third-order valence-electron chi connectivity index (χ3n) is 3.07. The molecule has 0 amide bonds. The lowest BCUT2D eigenvalue weighted by Gasteiger charge is -2.17. The SMILES string of the molecule is COc1ccc(CN(C)Cc2nccn2C)c(O)c1. The Labute approximate surface area is 113 Å². The molecule has 1 aromatic carbocycles. The van der Waals surface area contributed by atoms with Gasteiger partial charge in [-0.1, -0.05) is 6.07 Å². The van der Waals surface area contributed by atoms with Gasteiger partial charge in [-0.25, -0.2) is 4.98 Å². The number of aryl methyl sites for hydroxylation is 1. The van der Waals surface area contributed by atoms with Crippen LogP contribution in [0.3, 0.4) is 0 Å². The van der Waals surface area contributed by atoms with Crippen molar-refractivity contribution in [2.24, 2.45) is 7.05 Å². The molecule has 0 radical (unpaired) electrons. The van der Waals surface area contributed by atoms with Crippen LogP contribution in [0.5, 0.6) is 11.5 Å². The maximum absolute atomic E-state index is 9.92. The summed E-state index contributed by atoms with van der Waals surface area (Å²) in [5.41, 5.74) is 0.873. The summed E-state index contributed by atoms with van der Waals surface area (Å²) in [5.74, 6) is 1.91. The van der Waals surface area contributed by atoms with Crippen LogP contribution in [-0.4, -0.2) is 33.7 Å². The summed E-state index contributed by atoms with van der Waals surface area (Å²) >= 11 is 0. The Balaban J connectivity index is 2.03. The largest absolute Gasteiger partial charge is 0.507 e. The number of benzene rings is 1. The van der Waals surface area contributed by atoms with E-state index in [0.717, 1.165) is 17.9 Å². The molecule has 0 spiro atoms. The minimum Gasteiger partial charge on any atom is -0.507 e. The number of phenolic OH excluding ortho intramolecular Hbond substituents is 1. The summed E-state index contributed by atoms with van der Waals surface area (Å²) in [4.78, 5) is 6.39. The molecule has 2 rings (SSSR count). The van der Waals surface area contributed by atoms with E-state index in [0.29, 0.717) is 12.3 Å². The first kappa shape index (κ1) is 13.4. The molecule has 0 aliphatic heterocycles. The van der Waals surface area contributed by atoms with E-state index >= 15 is 0 Å². The van der Waals surface area contributed by atoms with Gasteiger partial charge in [0.05, 0.1) is 13.7 Å². The maximum Gasteiger partial charge on any atom is 0.123 e. The number of aromatic nitrogens is 2. The van der Waals surface area contributed by atoms with Crippen LogP contribution >= 0.6 is 0 Å². The van der Waals surface area contributed by atoms with Crippen molar-refractivity contribution in [3.05, 3.63) is 42.0 Å². The first-order chi connectivity index (χ1) is 9.10. The van der Waals surface area contributed by atoms with Crippen LogP contribution in [0, 0.1) is 0 Å². The number of hydrogen-bond acceptors (Lipinski definition) is 4. The number of aromatic hydroxyl groups is 1. The second-order valence-corrected chi connectivity index (χ2v) is 4.62. The van der Waals surface area contributed by atoms with E-state index in [2.05, 4.69) is 9.88 Å². The number of imidazole rings is 1. The van der Waals surface area contributed by atoms with Crippen molar-refractivity contribution in [3.8, 4) is 11.5 Å². The smallest absolute Gasteiger partial charge is 0.123 e. The van der Waals surface area contributed by atoms with Gasteiger partial charge in [-0.3, -0.25) is 4.90 Å². The zero-order chi connectivity index (χ0) is 13.8. The van der Waals surface area contributed by atoms with Crippen molar-refractivity contribution in [2.45, 2.75) is 13.1 Å². The molecule has 0 fully saturated rings. The summed E-state index contributed by atoms with van der Waals surface area (Å²) in [5, 5.41) is 9.92. The summed E-state index contributed by atoms with van der Waals surface area (Å²) < 4.78 is 7.06. The van der Waals surface area contributed by atoms with Crippen LogP contribution in [0.1, 0.15) is 11.4 Å². The third kappa shape index (κ3) is 3.26. The van der Waals surface area contributed by atoms with Gasteiger partial charge in [0.15, 0.2) is 0 Å². The van der Waals surface area contributed by atoms with E-state index in [1.54, 1.807) is 19.4 Å². The fraction of sp³-hybridized carbons (Fsp3) is 0.357. The molecule has 0 saturated carbocycles. The molecular formula is C14H19N3O2. The monoisotopic (exact) mass is 261 g/mol. The summed E-state index contributed by atoms with van der Waals surface area (Å²) in [6.45, 7) is 1.39. The number of hydrogen-bond donors (Lipinski definition) is 1. The minimum absolute atomic E-state index is 0.256.